The largest absolute Gasteiger partial charge is 0.493 e. The van der Waals surface area contributed by atoms with Gasteiger partial charge in [0.25, 0.3) is 0 Å². The van der Waals surface area contributed by atoms with Crippen LogP contribution in [-0.2, 0) is 4.79 Å². The number of rotatable bonds is 9. The lowest BCUT2D eigenvalue weighted by Crippen LogP contribution is -2.33. The molecule has 1 aromatic carbocycles. The molecular weight excluding hydrogens is 308 g/mol. The molecule has 0 aliphatic rings. The van der Waals surface area contributed by atoms with Crippen molar-refractivity contribution in [1.29, 1.82) is 0 Å². The summed E-state index contributed by atoms with van der Waals surface area (Å²) in [7, 11) is 0. The van der Waals surface area contributed by atoms with E-state index in [1.807, 2.05) is 24.3 Å². The molecule has 0 aliphatic heterocycles. The van der Waals surface area contributed by atoms with Crippen molar-refractivity contribution in [3.63, 3.8) is 0 Å². The molecule has 23 heavy (non-hydrogen) atoms. The number of carbonyl (C=O) groups is 1. The summed E-state index contributed by atoms with van der Waals surface area (Å²) in [4.78, 5) is 11.8. The number of nitrogens with one attached hydrogen (secondary N) is 2. The SMILES string of the molecule is CCCCCCC(=O)NC(=S)Nc1ccc(OCC(C)C)cc1. The van der Waals surface area contributed by atoms with Gasteiger partial charge in [0.2, 0.25) is 5.91 Å². The van der Waals surface area contributed by atoms with Gasteiger partial charge in [-0.05, 0) is 48.8 Å². The molecule has 1 amide bonds. The molecule has 0 unspecified atom stereocenters. The van der Waals surface area contributed by atoms with Gasteiger partial charge in [0.05, 0.1) is 6.61 Å². The molecule has 0 saturated carbocycles. The Bertz CT molecular complexity index is 486. The van der Waals surface area contributed by atoms with Crippen LogP contribution in [0.1, 0.15) is 52.9 Å². The monoisotopic (exact) mass is 336 g/mol. The van der Waals surface area contributed by atoms with E-state index in [0.717, 1.165) is 24.3 Å². The summed E-state index contributed by atoms with van der Waals surface area (Å²) in [5.41, 5.74) is 0.832. The molecule has 0 atom stereocenters. The predicted molar refractivity (Wildman–Crippen MR) is 99.9 cm³/mol. The van der Waals surface area contributed by atoms with Crippen molar-refractivity contribution in [2.24, 2.45) is 5.92 Å². The minimum atomic E-state index is -0.0320. The normalized spacial score (nSPS) is 10.4. The van der Waals surface area contributed by atoms with Gasteiger partial charge in [-0.15, -0.1) is 0 Å². The maximum Gasteiger partial charge on any atom is 0.226 e. The van der Waals surface area contributed by atoms with Gasteiger partial charge in [-0.1, -0.05) is 40.0 Å². The highest BCUT2D eigenvalue weighted by Crippen LogP contribution is 2.16. The Morgan fingerprint density at radius 2 is 1.87 bits per heavy atom. The van der Waals surface area contributed by atoms with Crippen LogP contribution in [0.15, 0.2) is 24.3 Å². The molecule has 4 nitrogen and oxygen atoms in total. The lowest BCUT2D eigenvalue weighted by atomic mass is 10.1. The van der Waals surface area contributed by atoms with Crippen molar-refractivity contribution in [2.75, 3.05) is 11.9 Å². The molecule has 128 valence electrons. The van der Waals surface area contributed by atoms with Gasteiger partial charge < -0.3 is 15.4 Å². The Kier molecular flexibility index (Phi) is 9.29. The van der Waals surface area contributed by atoms with Crippen molar-refractivity contribution in [1.82, 2.24) is 5.32 Å². The fourth-order valence-corrected chi connectivity index (χ4v) is 2.19. The average molecular weight is 337 g/mol. The third-order valence-corrected chi connectivity index (χ3v) is 3.41. The second-order valence-corrected chi connectivity index (χ2v) is 6.45. The first-order valence-electron chi connectivity index (χ1n) is 8.35. The van der Waals surface area contributed by atoms with Crippen LogP contribution in [-0.4, -0.2) is 17.6 Å². The predicted octanol–water partition coefficient (Wildman–Crippen LogP) is 4.50. The van der Waals surface area contributed by atoms with Gasteiger partial charge >= 0.3 is 0 Å². The van der Waals surface area contributed by atoms with Gasteiger partial charge in [0, 0.05) is 12.1 Å². The molecule has 1 rings (SSSR count). The summed E-state index contributed by atoms with van der Waals surface area (Å²) in [5.74, 6) is 1.29. The number of carbonyl (C=O) groups excluding carboxylic acids is 1. The van der Waals surface area contributed by atoms with Crippen LogP contribution in [0.2, 0.25) is 0 Å². The Balaban J connectivity index is 2.32. The van der Waals surface area contributed by atoms with E-state index >= 15 is 0 Å². The van der Waals surface area contributed by atoms with E-state index in [0.29, 0.717) is 24.1 Å². The van der Waals surface area contributed by atoms with E-state index < -0.39 is 0 Å². The molecule has 0 fully saturated rings. The van der Waals surface area contributed by atoms with Gasteiger partial charge in [-0.25, -0.2) is 0 Å². The van der Waals surface area contributed by atoms with Crippen LogP contribution < -0.4 is 15.4 Å². The Morgan fingerprint density at radius 3 is 2.48 bits per heavy atom. The van der Waals surface area contributed by atoms with E-state index in [4.69, 9.17) is 17.0 Å². The summed E-state index contributed by atoms with van der Waals surface area (Å²) in [6, 6.07) is 7.55. The van der Waals surface area contributed by atoms with E-state index in [9.17, 15) is 4.79 Å². The highest BCUT2D eigenvalue weighted by atomic mass is 32.1. The van der Waals surface area contributed by atoms with Crippen molar-refractivity contribution in [2.45, 2.75) is 52.9 Å². The second kappa shape index (κ2) is 11.0. The lowest BCUT2D eigenvalue weighted by molar-refractivity contribution is -0.119. The van der Waals surface area contributed by atoms with Gasteiger partial charge in [-0.2, -0.15) is 0 Å². The number of ether oxygens (including phenoxy) is 1. The molecular formula is C18H28N2O2S. The van der Waals surface area contributed by atoms with E-state index in [-0.39, 0.29) is 5.91 Å². The zero-order chi connectivity index (χ0) is 17.1. The van der Waals surface area contributed by atoms with Crippen LogP contribution in [0.5, 0.6) is 5.75 Å². The van der Waals surface area contributed by atoms with Crippen LogP contribution in [0.4, 0.5) is 5.69 Å². The first-order chi connectivity index (χ1) is 11.0. The van der Waals surface area contributed by atoms with Crippen LogP contribution in [0.25, 0.3) is 0 Å². The summed E-state index contributed by atoms with van der Waals surface area (Å²) < 4.78 is 5.63. The summed E-state index contributed by atoms with van der Waals surface area (Å²) >= 11 is 5.16. The first kappa shape index (κ1) is 19.4. The quantitative estimate of drug-likeness (QED) is 0.515. The zero-order valence-electron chi connectivity index (χ0n) is 14.4. The van der Waals surface area contributed by atoms with Crippen molar-refractivity contribution in [3.8, 4) is 5.75 Å². The number of unbranched alkanes of at least 4 members (excludes halogenated alkanes) is 3. The molecule has 0 spiro atoms. The topological polar surface area (TPSA) is 50.4 Å². The minimum absolute atomic E-state index is 0.0320. The lowest BCUT2D eigenvalue weighted by Gasteiger charge is -2.11. The van der Waals surface area contributed by atoms with Gasteiger partial charge in [0.1, 0.15) is 5.75 Å². The average Bonchev–Trinajstić information content (AvgIpc) is 2.50. The first-order valence-corrected chi connectivity index (χ1v) is 8.75. The Labute approximate surface area is 145 Å². The third kappa shape index (κ3) is 9.18. The third-order valence-electron chi connectivity index (χ3n) is 3.21. The highest BCUT2D eigenvalue weighted by Gasteiger charge is 2.05. The fraction of sp³-hybridized carbons (Fsp3) is 0.556. The van der Waals surface area contributed by atoms with Crippen molar-refractivity contribution >= 4 is 28.9 Å². The standard InChI is InChI=1S/C18H28N2O2S/c1-4-5-6-7-8-17(21)20-18(23)19-15-9-11-16(12-10-15)22-13-14(2)3/h9-12,14H,4-8,13H2,1-3H3,(H2,19,20,21,23). The molecule has 0 bridgehead atoms. The number of hydrogen-bond acceptors (Lipinski definition) is 3. The van der Waals surface area contributed by atoms with Crippen LogP contribution >= 0.6 is 12.2 Å². The van der Waals surface area contributed by atoms with Crippen LogP contribution in [0, 0.1) is 5.92 Å². The maximum absolute atomic E-state index is 11.8. The van der Waals surface area contributed by atoms with Crippen LogP contribution in [0.3, 0.4) is 0 Å². The molecule has 0 radical (unpaired) electrons. The molecule has 1 aromatic rings. The van der Waals surface area contributed by atoms with E-state index in [1.165, 1.54) is 12.8 Å². The van der Waals surface area contributed by atoms with Crippen molar-refractivity contribution < 1.29 is 9.53 Å². The Morgan fingerprint density at radius 1 is 1.17 bits per heavy atom. The number of anilines is 1. The number of hydrogen-bond donors (Lipinski definition) is 2. The molecule has 0 aliphatic carbocycles. The Hall–Kier alpha value is -1.62. The molecule has 5 heteroatoms. The fourth-order valence-electron chi connectivity index (χ4n) is 1.96. The molecule has 2 N–H and O–H groups in total. The minimum Gasteiger partial charge on any atom is -0.493 e. The second-order valence-electron chi connectivity index (χ2n) is 6.04. The molecule has 0 heterocycles. The molecule has 0 saturated heterocycles. The van der Waals surface area contributed by atoms with E-state index in [1.54, 1.807) is 0 Å². The maximum atomic E-state index is 11.8. The molecule has 0 aromatic heterocycles. The summed E-state index contributed by atoms with van der Waals surface area (Å²) in [5, 5.41) is 6.06. The smallest absolute Gasteiger partial charge is 0.226 e. The highest BCUT2D eigenvalue weighted by molar-refractivity contribution is 7.80. The number of amides is 1. The van der Waals surface area contributed by atoms with Crippen molar-refractivity contribution in [3.05, 3.63) is 24.3 Å². The number of benzene rings is 1. The summed E-state index contributed by atoms with van der Waals surface area (Å²) in [6.07, 6.45) is 4.84. The summed E-state index contributed by atoms with van der Waals surface area (Å²) in [6.45, 7) is 7.07. The van der Waals surface area contributed by atoms with Gasteiger partial charge in [-0.3, -0.25) is 4.79 Å². The van der Waals surface area contributed by atoms with E-state index in [2.05, 4.69) is 31.4 Å². The van der Waals surface area contributed by atoms with Gasteiger partial charge in [0.15, 0.2) is 5.11 Å². The zero-order valence-corrected chi connectivity index (χ0v) is 15.2. The number of thiocarbonyl (C=S) groups is 1.